The maximum Gasteiger partial charge on any atom is 0.0940 e. The molecule has 1 heterocycles. The lowest BCUT2D eigenvalue weighted by molar-refractivity contribution is 0.920. The molecule has 1 aromatic rings. The van der Waals surface area contributed by atoms with Crippen molar-refractivity contribution >= 4 is 28.2 Å². The molecule has 0 fully saturated rings. The summed E-state index contributed by atoms with van der Waals surface area (Å²) in [4.78, 5) is 0. The van der Waals surface area contributed by atoms with Gasteiger partial charge >= 0.3 is 0 Å². The Balaban J connectivity index is 2.93. The Labute approximate surface area is 70.4 Å². The smallest absolute Gasteiger partial charge is 0.0940 e. The Kier molecular flexibility index (Phi) is 2.51. The van der Waals surface area contributed by atoms with Crippen LogP contribution in [-0.2, 0) is 7.05 Å². The van der Waals surface area contributed by atoms with E-state index in [1.165, 1.54) is 0 Å². The molecule has 0 aliphatic rings. The molecule has 0 N–H and O–H groups in total. The molecule has 0 unspecified atom stereocenters. The van der Waals surface area contributed by atoms with Crippen LogP contribution < -0.4 is 0 Å². The van der Waals surface area contributed by atoms with E-state index in [1.807, 2.05) is 36.2 Å². The maximum atomic E-state index is 5.11. The van der Waals surface area contributed by atoms with E-state index < -0.39 is 0 Å². The summed E-state index contributed by atoms with van der Waals surface area (Å²) >= 11 is 6.71. The third-order valence-electron chi connectivity index (χ3n) is 1.34. The van der Waals surface area contributed by atoms with E-state index in [4.69, 9.17) is 12.2 Å². The molecule has 3 heteroatoms. The normalized spacial score (nSPS) is 9.80. The van der Waals surface area contributed by atoms with Crippen molar-refractivity contribution in [2.45, 2.75) is 0 Å². The standard InChI is InChI=1S/C7H9NS2/c1-8-5-3-4-6(8)7(9)10-2/h3-5H,1-2H3. The minimum Gasteiger partial charge on any atom is -0.349 e. The van der Waals surface area contributed by atoms with Crippen molar-refractivity contribution in [2.24, 2.45) is 7.05 Å². The second-order valence-corrected chi connectivity index (χ2v) is 3.48. The fourth-order valence-electron chi connectivity index (χ4n) is 0.778. The largest absolute Gasteiger partial charge is 0.349 e. The first kappa shape index (κ1) is 7.82. The summed E-state index contributed by atoms with van der Waals surface area (Å²) in [5, 5.41) is 0. The number of hydrogen-bond donors (Lipinski definition) is 0. The maximum absolute atomic E-state index is 5.11. The molecular formula is C7H9NS2. The van der Waals surface area contributed by atoms with Gasteiger partial charge < -0.3 is 4.57 Å². The molecule has 0 spiro atoms. The zero-order valence-corrected chi connectivity index (χ0v) is 7.63. The highest BCUT2D eigenvalue weighted by molar-refractivity contribution is 8.23. The van der Waals surface area contributed by atoms with Crippen molar-refractivity contribution in [2.75, 3.05) is 6.26 Å². The molecule has 0 bridgehead atoms. The number of thioether (sulfide) groups is 1. The zero-order chi connectivity index (χ0) is 7.56. The summed E-state index contributed by atoms with van der Waals surface area (Å²) in [5.74, 6) is 0. The van der Waals surface area contributed by atoms with Crippen LogP contribution in [0.15, 0.2) is 18.3 Å². The first-order valence-corrected chi connectivity index (χ1v) is 4.58. The average Bonchev–Trinajstić information content (AvgIpc) is 2.34. The summed E-state index contributed by atoms with van der Waals surface area (Å²) in [6.45, 7) is 0. The van der Waals surface area contributed by atoms with Gasteiger partial charge in [0.05, 0.1) is 9.89 Å². The predicted octanol–water partition coefficient (Wildman–Crippen LogP) is 2.06. The summed E-state index contributed by atoms with van der Waals surface area (Å²) < 4.78 is 2.98. The lowest BCUT2D eigenvalue weighted by Gasteiger charge is -2.00. The second-order valence-electron chi connectivity index (χ2n) is 2.00. The number of aromatic nitrogens is 1. The van der Waals surface area contributed by atoms with E-state index in [-0.39, 0.29) is 0 Å². The van der Waals surface area contributed by atoms with Crippen molar-refractivity contribution in [1.82, 2.24) is 4.57 Å². The predicted molar refractivity (Wildman–Crippen MR) is 50.6 cm³/mol. The van der Waals surface area contributed by atoms with Gasteiger partial charge in [-0.15, -0.1) is 11.8 Å². The fourth-order valence-corrected chi connectivity index (χ4v) is 1.41. The van der Waals surface area contributed by atoms with Gasteiger partial charge in [-0.25, -0.2) is 0 Å². The van der Waals surface area contributed by atoms with Gasteiger partial charge in [0, 0.05) is 13.2 Å². The highest BCUT2D eigenvalue weighted by Crippen LogP contribution is 2.10. The van der Waals surface area contributed by atoms with Gasteiger partial charge in [0.1, 0.15) is 0 Å². The molecular weight excluding hydrogens is 162 g/mol. The molecule has 1 rings (SSSR count). The third kappa shape index (κ3) is 1.41. The highest BCUT2D eigenvalue weighted by atomic mass is 32.2. The molecule has 0 saturated heterocycles. The molecule has 0 atom stereocenters. The molecule has 0 aliphatic carbocycles. The number of hydrogen-bond acceptors (Lipinski definition) is 2. The summed E-state index contributed by atoms with van der Waals surface area (Å²) in [6, 6.07) is 4.02. The minimum atomic E-state index is 0.951. The summed E-state index contributed by atoms with van der Waals surface area (Å²) in [6.07, 6.45) is 3.99. The van der Waals surface area contributed by atoms with Crippen molar-refractivity contribution in [1.29, 1.82) is 0 Å². The molecule has 54 valence electrons. The molecule has 10 heavy (non-hydrogen) atoms. The first-order valence-electron chi connectivity index (χ1n) is 2.95. The van der Waals surface area contributed by atoms with Crippen LogP contribution in [0.2, 0.25) is 0 Å². The van der Waals surface area contributed by atoms with Gasteiger partial charge in [0.2, 0.25) is 0 Å². The van der Waals surface area contributed by atoms with Gasteiger partial charge in [-0.3, -0.25) is 0 Å². The van der Waals surface area contributed by atoms with E-state index in [1.54, 1.807) is 11.8 Å². The van der Waals surface area contributed by atoms with E-state index in [0.717, 1.165) is 9.89 Å². The highest BCUT2D eigenvalue weighted by Gasteiger charge is 2.00. The number of rotatable bonds is 1. The van der Waals surface area contributed by atoms with Gasteiger partial charge in [-0.05, 0) is 18.4 Å². The summed E-state index contributed by atoms with van der Waals surface area (Å²) in [5.41, 5.74) is 1.13. The molecule has 0 aromatic carbocycles. The van der Waals surface area contributed by atoms with E-state index >= 15 is 0 Å². The van der Waals surface area contributed by atoms with Crippen LogP contribution in [0.25, 0.3) is 0 Å². The number of nitrogens with zero attached hydrogens (tertiary/aromatic N) is 1. The second kappa shape index (κ2) is 3.21. The van der Waals surface area contributed by atoms with Crippen LogP contribution >= 0.6 is 24.0 Å². The first-order chi connectivity index (χ1) is 4.75. The monoisotopic (exact) mass is 171 g/mol. The Morgan fingerprint density at radius 1 is 1.70 bits per heavy atom. The number of thiocarbonyl (C=S) groups is 1. The van der Waals surface area contributed by atoms with E-state index in [9.17, 15) is 0 Å². The van der Waals surface area contributed by atoms with Crippen LogP contribution in [0, 0.1) is 0 Å². The fraction of sp³-hybridized carbons (Fsp3) is 0.286. The Morgan fingerprint density at radius 3 is 2.80 bits per heavy atom. The van der Waals surface area contributed by atoms with Crippen LogP contribution in [0.4, 0.5) is 0 Å². The molecule has 0 radical (unpaired) electrons. The van der Waals surface area contributed by atoms with Gasteiger partial charge in [-0.1, -0.05) is 12.2 Å². The van der Waals surface area contributed by atoms with E-state index in [2.05, 4.69) is 0 Å². The quantitative estimate of drug-likeness (QED) is 0.596. The molecule has 1 nitrogen and oxygen atoms in total. The molecule has 1 aromatic heterocycles. The van der Waals surface area contributed by atoms with Crippen molar-refractivity contribution in [3.63, 3.8) is 0 Å². The third-order valence-corrected chi connectivity index (χ3v) is 2.63. The van der Waals surface area contributed by atoms with Crippen LogP contribution in [0.5, 0.6) is 0 Å². The molecule has 0 aliphatic heterocycles. The van der Waals surface area contributed by atoms with Crippen LogP contribution in [0.1, 0.15) is 5.69 Å². The Morgan fingerprint density at radius 2 is 2.40 bits per heavy atom. The zero-order valence-electron chi connectivity index (χ0n) is 6.00. The molecule has 0 amide bonds. The average molecular weight is 171 g/mol. The minimum absolute atomic E-state index is 0.951. The van der Waals surface area contributed by atoms with Crippen molar-refractivity contribution in [3.05, 3.63) is 24.0 Å². The van der Waals surface area contributed by atoms with E-state index in [0.29, 0.717) is 0 Å². The van der Waals surface area contributed by atoms with Crippen molar-refractivity contribution < 1.29 is 0 Å². The van der Waals surface area contributed by atoms with Crippen LogP contribution in [0.3, 0.4) is 0 Å². The molecule has 0 saturated carbocycles. The Bertz CT molecular complexity index is 240. The topological polar surface area (TPSA) is 4.93 Å². The van der Waals surface area contributed by atoms with Crippen molar-refractivity contribution in [3.8, 4) is 0 Å². The van der Waals surface area contributed by atoms with Crippen LogP contribution in [-0.4, -0.2) is 15.0 Å². The SMILES string of the molecule is CSC(=S)c1cccn1C. The van der Waals surface area contributed by atoms with Gasteiger partial charge in [-0.2, -0.15) is 0 Å². The van der Waals surface area contributed by atoms with Gasteiger partial charge in [0.25, 0.3) is 0 Å². The Hall–Kier alpha value is -0.280. The lowest BCUT2D eigenvalue weighted by atomic mass is 10.5. The lowest BCUT2D eigenvalue weighted by Crippen LogP contribution is -1.98. The van der Waals surface area contributed by atoms with Gasteiger partial charge in [0.15, 0.2) is 0 Å². The summed E-state index contributed by atoms with van der Waals surface area (Å²) in [7, 11) is 2.00. The number of aryl methyl sites for hydroxylation is 1.